The number of amides is 1. The van der Waals surface area contributed by atoms with Crippen molar-refractivity contribution in [3.05, 3.63) is 66.1 Å². The Hall–Kier alpha value is -3.81. The van der Waals surface area contributed by atoms with Gasteiger partial charge in [-0.25, -0.2) is 9.37 Å². The first-order chi connectivity index (χ1) is 14.5. The molecule has 1 aliphatic rings. The van der Waals surface area contributed by atoms with Crippen LogP contribution in [-0.2, 0) is 4.79 Å². The third kappa shape index (κ3) is 3.06. The van der Waals surface area contributed by atoms with Gasteiger partial charge in [0.1, 0.15) is 5.82 Å². The first-order valence-electron chi connectivity index (χ1n) is 9.62. The van der Waals surface area contributed by atoms with Crippen molar-refractivity contribution in [1.82, 2.24) is 20.2 Å². The minimum Gasteiger partial charge on any atom is -0.396 e. The standard InChI is InChI=1S/C22H19FN6O/c1-11-2-4-25-9-16(11)14-6-12-7-19(26-10-17(12)21(24)20(14)23)28-22(30)15-8-13(15)18-3-5-27-29-18/h2-7,9-10,13,15H,8,24H2,1H3,(H,27,29)(H,26,28,30)/t13-,15+/m1/s1. The third-order valence-electron chi connectivity index (χ3n) is 5.63. The number of H-pyrrole nitrogens is 1. The summed E-state index contributed by atoms with van der Waals surface area (Å²) in [7, 11) is 0. The Bertz CT molecular complexity index is 1270. The van der Waals surface area contributed by atoms with Crippen molar-refractivity contribution in [3.63, 3.8) is 0 Å². The van der Waals surface area contributed by atoms with Crippen molar-refractivity contribution >= 4 is 28.2 Å². The highest BCUT2D eigenvalue weighted by Gasteiger charge is 2.45. The molecule has 1 amide bonds. The topological polar surface area (TPSA) is 110 Å². The molecular weight excluding hydrogens is 383 g/mol. The zero-order chi connectivity index (χ0) is 20.8. The van der Waals surface area contributed by atoms with Gasteiger partial charge in [0.05, 0.1) is 5.69 Å². The fraction of sp³-hybridized carbons (Fsp3) is 0.182. The number of benzene rings is 1. The molecule has 1 saturated carbocycles. The summed E-state index contributed by atoms with van der Waals surface area (Å²) in [5.41, 5.74) is 8.98. The Labute approximate surface area is 171 Å². The molecule has 0 radical (unpaired) electrons. The average Bonchev–Trinajstić information content (AvgIpc) is 3.36. The van der Waals surface area contributed by atoms with Crippen LogP contribution >= 0.6 is 0 Å². The summed E-state index contributed by atoms with van der Waals surface area (Å²) in [6, 6.07) is 7.13. The number of nitrogen functional groups attached to an aromatic ring is 1. The summed E-state index contributed by atoms with van der Waals surface area (Å²) in [5, 5.41) is 10.9. The van der Waals surface area contributed by atoms with Gasteiger partial charge >= 0.3 is 0 Å². The SMILES string of the molecule is Cc1ccncc1-c1cc2cc(NC(=O)[C@H]3C[C@H]3c3ccn[nH]3)ncc2c(N)c1F. The van der Waals surface area contributed by atoms with E-state index in [1.807, 2.05) is 19.1 Å². The zero-order valence-corrected chi connectivity index (χ0v) is 16.2. The second-order valence-corrected chi connectivity index (χ2v) is 7.58. The van der Waals surface area contributed by atoms with E-state index in [1.54, 1.807) is 30.7 Å². The fourth-order valence-corrected chi connectivity index (χ4v) is 3.83. The number of carbonyl (C=O) groups is 1. The maximum absolute atomic E-state index is 14.9. The summed E-state index contributed by atoms with van der Waals surface area (Å²) in [6.45, 7) is 1.89. The normalized spacial score (nSPS) is 17.8. The van der Waals surface area contributed by atoms with Gasteiger partial charge in [0, 0.05) is 58.8 Å². The molecule has 0 spiro atoms. The molecule has 7 nitrogen and oxygen atoms in total. The van der Waals surface area contributed by atoms with E-state index in [0.29, 0.717) is 27.7 Å². The number of halogens is 1. The number of fused-ring (bicyclic) bond motifs is 1. The monoisotopic (exact) mass is 402 g/mol. The van der Waals surface area contributed by atoms with Gasteiger partial charge in [-0.1, -0.05) is 0 Å². The molecule has 0 saturated heterocycles. The molecule has 0 bridgehead atoms. The van der Waals surface area contributed by atoms with Crippen LogP contribution in [0.15, 0.2) is 49.1 Å². The van der Waals surface area contributed by atoms with Crippen molar-refractivity contribution in [2.24, 2.45) is 5.92 Å². The lowest BCUT2D eigenvalue weighted by Gasteiger charge is -2.12. The second-order valence-electron chi connectivity index (χ2n) is 7.58. The molecule has 150 valence electrons. The predicted molar refractivity (Wildman–Crippen MR) is 112 cm³/mol. The quantitative estimate of drug-likeness (QED) is 0.450. The Morgan fingerprint density at radius 2 is 2.10 bits per heavy atom. The van der Waals surface area contributed by atoms with Crippen LogP contribution in [0.3, 0.4) is 0 Å². The van der Waals surface area contributed by atoms with Crippen LogP contribution in [0.4, 0.5) is 15.9 Å². The number of aryl methyl sites for hydroxylation is 1. The van der Waals surface area contributed by atoms with Gasteiger partial charge in [-0.2, -0.15) is 5.10 Å². The second kappa shape index (κ2) is 6.91. The highest BCUT2D eigenvalue weighted by Crippen LogP contribution is 2.47. The van der Waals surface area contributed by atoms with Crippen LogP contribution in [0.1, 0.15) is 23.6 Å². The minimum absolute atomic E-state index is 0.0256. The van der Waals surface area contributed by atoms with Crippen LogP contribution in [0.2, 0.25) is 0 Å². The van der Waals surface area contributed by atoms with Crippen LogP contribution in [0.5, 0.6) is 0 Å². The smallest absolute Gasteiger partial charge is 0.229 e. The Balaban J connectivity index is 1.46. The molecule has 0 unspecified atom stereocenters. The number of carbonyl (C=O) groups excluding carboxylic acids is 1. The van der Waals surface area contributed by atoms with Crippen molar-refractivity contribution in [2.45, 2.75) is 19.3 Å². The number of aromatic nitrogens is 4. The van der Waals surface area contributed by atoms with Crippen LogP contribution in [0.25, 0.3) is 21.9 Å². The van der Waals surface area contributed by atoms with E-state index in [2.05, 4.69) is 25.5 Å². The lowest BCUT2D eigenvalue weighted by atomic mass is 9.98. The first kappa shape index (κ1) is 18.2. The van der Waals surface area contributed by atoms with E-state index in [9.17, 15) is 9.18 Å². The fourth-order valence-electron chi connectivity index (χ4n) is 3.83. The van der Waals surface area contributed by atoms with E-state index in [0.717, 1.165) is 17.7 Å². The number of pyridine rings is 2. The summed E-state index contributed by atoms with van der Waals surface area (Å²) in [6.07, 6.45) is 7.21. The highest BCUT2D eigenvalue weighted by atomic mass is 19.1. The van der Waals surface area contributed by atoms with Gasteiger partial charge in [-0.3, -0.25) is 14.9 Å². The van der Waals surface area contributed by atoms with Gasteiger partial charge < -0.3 is 11.1 Å². The zero-order valence-electron chi connectivity index (χ0n) is 16.2. The number of nitrogens with two attached hydrogens (primary N) is 1. The number of hydrogen-bond donors (Lipinski definition) is 3. The van der Waals surface area contributed by atoms with E-state index in [1.165, 1.54) is 6.20 Å². The molecule has 4 N–H and O–H groups in total. The molecule has 30 heavy (non-hydrogen) atoms. The number of nitrogens with zero attached hydrogens (tertiary/aromatic N) is 3. The number of anilines is 2. The minimum atomic E-state index is -0.502. The Morgan fingerprint density at radius 1 is 1.23 bits per heavy atom. The average molecular weight is 402 g/mol. The molecule has 1 fully saturated rings. The molecule has 0 aliphatic heterocycles. The number of aromatic amines is 1. The third-order valence-corrected chi connectivity index (χ3v) is 5.63. The van der Waals surface area contributed by atoms with Gasteiger partial charge in [-0.05, 0) is 48.6 Å². The number of hydrogen-bond acceptors (Lipinski definition) is 5. The Kier molecular flexibility index (Phi) is 4.20. The van der Waals surface area contributed by atoms with Crippen LogP contribution in [-0.4, -0.2) is 26.1 Å². The van der Waals surface area contributed by atoms with Crippen molar-refractivity contribution in [1.29, 1.82) is 0 Å². The van der Waals surface area contributed by atoms with Crippen molar-refractivity contribution in [2.75, 3.05) is 11.1 Å². The summed E-state index contributed by atoms with van der Waals surface area (Å²) in [4.78, 5) is 20.9. The molecule has 8 heteroatoms. The molecular formula is C22H19FN6O. The van der Waals surface area contributed by atoms with E-state index >= 15 is 0 Å². The number of nitrogens with one attached hydrogen (secondary N) is 2. The Morgan fingerprint density at radius 3 is 2.87 bits per heavy atom. The molecule has 3 heterocycles. The first-order valence-corrected chi connectivity index (χ1v) is 9.62. The molecule has 1 aliphatic carbocycles. The molecule has 1 aromatic carbocycles. The molecule has 3 aromatic heterocycles. The van der Waals surface area contributed by atoms with E-state index in [-0.39, 0.29) is 23.4 Å². The summed E-state index contributed by atoms with van der Waals surface area (Å²) < 4.78 is 14.9. The van der Waals surface area contributed by atoms with E-state index < -0.39 is 5.82 Å². The molecule has 2 atom stereocenters. The van der Waals surface area contributed by atoms with Crippen LogP contribution < -0.4 is 11.1 Å². The lowest BCUT2D eigenvalue weighted by Crippen LogP contribution is -2.15. The highest BCUT2D eigenvalue weighted by molar-refractivity contribution is 6.00. The predicted octanol–water partition coefficient (Wildman–Crippen LogP) is 3.79. The maximum Gasteiger partial charge on any atom is 0.229 e. The molecule has 4 aromatic rings. The largest absolute Gasteiger partial charge is 0.396 e. The van der Waals surface area contributed by atoms with Gasteiger partial charge in [0.15, 0.2) is 5.82 Å². The van der Waals surface area contributed by atoms with Gasteiger partial charge in [-0.15, -0.1) is 0 Å². The summed E-state index contributed by atoms with van der Waals surface area (Å²) >= 11 is 0. The maximum atomic E-state index is 14.9. The summed E-state index contributed by atoms with van der Waals surface area (Å²) in [5.74, 6) is -0.159. The van der Waals surface area contributed by atoms with E-state index in [4.69, 9.17) is 5.73 Å². The lowest BCUT2D eigenvalue weighted by molar-refractivity contribution is -0.117. The number of rotatable bonds is 4. The van der Waals surface area contributed by atoms with Gasteiger partial charge in [0.25, 0.3) is 0 Å². The van der Waals surface area contributed by atoms with Crippen molar-refractivity contribution in [3.8, 4) is 11.1 Å². The molecule has 5 rings (SSSR count). The van der Waals surface area contributed by atoms with Gasteiger partial charge in [0.2, 0.25) is 5.91 Å². The van der Waals surface area contributed by atoms with Crippen LogP contribution in [0, 0.1) is 18.7 Å². The van der Waals surface area contributed by atoms with Crippen molar-refractivity contribution < 1.29 is 9.18 Å².